The Balaban J connectivity index is 1.79. The third-order valence-electron chi connectivity index (χ3n) is 3.69. The molecule has 0 amide bonds. The zero-order valence-corrected chi connectivity index (χ0v) is 7.96. The minimum absolute atomic E-state index is 0.232. The van der Waals surface area contributed by atoms with Gasteiger partial charge in [-0.3, -0.25) is 9.69 Å². The van der Waals surface area contributed by atoms with Crippen LogP contribution in [-0.2, 0) is 4.79 Å². The quantitative estimate of drug-likeness (QED) is 0.702. The Morgan fingerprint density at radius 1 is 1.23 bits per heavy atom. The summed E-state index contributed by atoms with van der Waals surface area (Å²) in [6, 6.07) is 0. The zero-order valence-electron chi connectivity index (χ0n) is 7.96. The number of carboxylic acid groups (broad SMARTS) is 1. The van der Waals surface area contributed by atoms with Crippen LogP contribution >= 0.6 is 0 Å². The van der Waals surface area contributed by atoms with Crippen molar-refractivity contribution in [3.63, 3.8) is 0 Å². The number of piperidine rings is 1. The van der Waals surface area contributed by atoms with Gasteiger partial charge in [-0.25, -0.2) is 0 Å². The average Bonchev–Trinajstić information content (AvgIpc) is 2.02. The summed E-state index contributed by atoms with van der Waals surface area (Å²) in [5, 5.41) is 8.63. The second-order valence-corrected chi connectivity index (χ2v) is 4.52. The van der Waals surface area contributed by atoms with Crippen molar-refractivity contribution in [2.75, 3.05) is 19.6 Å². The number of hydrogen-bond acceptors (Lipinski definition) is 2. The van der Waals surface area contributed by atoms with Gasteiger partial charge in [0.05, 0.1) is 6.54 Å². The normalized spacial score (nSPS) is 27.1. The van der Waals surface area contributed by atoms with Crippen LogP contribution in [0.3, 0.4) is 0 Å². The fraction of sp³-hybridized carbons (Fsp3) is 0.900. The van der Waals surface area contributed by atoms with E-state index in [1.165, 1.54) is 32.1 Å². The largest absolute Gasteiger partial charge is 0.480 e. The molecule has 2 aliphatic rings. The van der Waals surface area contributed by atoms with Crippen LogP contribution in [0.4, 0.5) is 0 Å². The van der Waals surface area contributed by atoms with Gasteiger partial charge in [0.25, 0.3) is 0 Å². The molecule has 1 saturated heterocycles. The van der Waals surface area contributed by atoms with Gasteiger partial charge in [0.1, 0.15) is 0 Å². The van der Waals surface area contributed by atoms with Crippen LogP contribution in [0.1, 0.15) is 32.1 Å². The van der Waals surface area contributed by atoms with Gasteiger partial charge in [0, 0.05) is 0 Å². The molecule has 3 heteroatoms. The first-order valence-corrected chi connectivity index (χ1v) is 5.14. The monoisotopic (exact) mass is 183 g/mol. The van der Waals surface area contributed by atoms with Crippen molar-refractivity contribution < 1.29 is 9.90 Å². The Morgan fingerprint density at radius 3 is 2.23 bits per heavy atom. The Kier molecular flexibility index (Phi) is 2.28. The molecule has 1 aliphatic carbocycles. The molecule has 1 heterocycles. The molecular weight excluding hydrogens is 166 g/mol. The summed E-state index contributed by atoms with van der Waals surface area (Å²) in [4.78, 5) is 12.5. The van der Waals surface area contributed by atoms with Crippen LogP contribution in [0.25, 0.3) is 0 Å². The van der Waals surface area contributed by atoms with Crippen LogP contribution in [0.5, 0.6) is 0 Å². The second-order valence-electron chi connectivity index (χ2n) is 4.52. The lowest BCUT2D eigenvalue weighted by atomic mass is 9.63. The van der Waals surface area contributed by atoms with Gasteiger partial charge in [-0.15, -0.1) is 0 Å². The minimum atomic E-state index is -0.690. The highest BCUT2D eigenvalue weighted by Crippen LogP contribution is 2.48. The molecule has 74 valence electrons. The van der Waals surface area contributed by atoms with Crippen molar-refractivity contribution >= 4 is 5.97 Å². The van der Waals surface area contributed by atoms with Crippen molar-refractivity contribution in [2.24, 2.45) is 5.41 Å². The summed E-state index contributed by atoms with van der Waals surface area (Å²) in [7, 11) is 0. The molecule has 0 atom stereocenters. The van der Waals surface area contributed by atoms with Crippen molar-refractivity contribution in [1.82, 2.24) is 4.90 Å². The average molecular weight is 183 g/mol. The lowest BCUT2D eigenvalue weighted by Gasteiger charge is -2.47. The van der Waals surface area contributed by atoms with Crippen molar-refractivity contribution in [1.29, 1.82) is 0 Å². The first-order chi connectivity index (χ1) is 6.20. The van der Waals surface area contributed by atoms with Gasteiger partial charge in [0.2, 0.25) is 0 Å². The molecule has 0 radical (unpaired) electrons. The first-order valence-electron chi connectivity index (χ1n) is 5.14. The topological polar surface area (TPSA) is 40.5 Å². The molecular formula is C10H17NO2. The lowest BCUT2D eigenvalue weighted by Crippen LogP contribution is -2.45. The predicted octanol–water partition coefficient (Wildman–Crippen LogP) is 1.34. The van der Waals surface area contributed by atoms with E-state index in [1.54, 1.807) is 0 Å². The first kappa shape index (κ1) is 9.00. The van der Waals surface area contributed by atoms with Gasteiger partial charge in [-0.2, -0.15) is 0 Å². The number of carbonyl (C=O) groups is 1. The van der Waals surface area contributed by atoms with E-state index in [4.69, 9.17) is 5.11 Å². The molecule has 2 rings (SSSR count). The van der Waals surface area contributed by atoms with Crippen LogP contribution in [-0.4, -0.2) is 35.6 Å². The molecule has 0 aromatic carbocycles. The van der Waals surface area contributed by atoms with Gasteiger partial charge in [-0.05, 0) is 44.2 Å². The standard InChI is InChI=1S/C10H17NO2/c12-9(13)8-11-6-4-10(5-7-11)2-1-3-10/h1-8H2,(H,12,13). The van der Waals surface area contributed by atoms with Crippen LogP contribution in [0.15, 0.2) is 0 Å². The maximum atomic E-state index is 10.5. The van der Waals surface area contributed by atoms with Crippen LogP contribution < -0.4 is 0 Å². The fourth-order valence-corrected chi connectivity index (χ4v) is 2.55. The van der Waals surface area contributed by atoms with Gasteiger partial charge in [-0.1, -0.05) is 6.42 Å². The van der Waals surface area contributed by atoms with E-state index in [9.17, 15) is 4.79 Å². The van der Waals surface area contributed by atoms with Gasteiger partial charge in [0.15, 0.2) is 0 Å². The number of carboxylic acids is 1. The number of likely N-dealkylation sites (tertiary alicyclic amines) is 1. The molecule has 1 N–H and O–H groups in total. The number of rotatable bonds is 2. The van der Waals surface area contributed by atoms with Crippen molar-refractivity contribution in [2.45, 2.75) is 32.1 Å². The third kappa shape index (κ3) is 1.85. The van der Waals surface area contributed by atoms with Crippen molar-refractivity contribution in [3.8, 4) is 0 Å². The molecule has 1 spiro atoms. The summed E-state index contributed by atoms with van der Waals surface area (Å²) < 4.78 is 0. The minimum Gasteiger partial charge on any atom is -0.480 e. The Bertz CT molecular complexity index is 201. The van der Waals surface area contributed by atoms with Crippen LogP contribution in [0, 0.1) is 5.41 Å². The zero-order chi connectivity index (χ0) is 9.31. The molecule has 0 bridgehead atoms. The molecule has 13 heavy (non-hydrogen) atoms. The third-order valence-corrected chi connectivity index (χ3v) is 3.69. The molecule has 1 aliphatic heterocycles. The highest BCUT2D eigenvalue weighted by Gasteiger charge is 2.39. The summed E-state index contributed by atoms with van der Waals surface area (Å²) in [6.07, 6.45) is 6.60. The Hall–Kier alpha value is -0.570. The van der Waals surface area contributed by atoms with E-state index in [0.29, 0.717) is 5.41 Å². The molecule has 0 aromatic rings. The van der Waals surface area contributed by atoms with Gasteiger partial charge >= 0.3 is 5.97 Å². The number of nitrogens with zero attached hydrogens (tertiary/aromatic N) is 1. The SMILES string of the molecule is O=C(O)CN1CCC2(CCC2)CC1. The maximum Gasteiger partial charge on any atom is 0.317 e. The second kappa shape index (κ2) is 3.29. The summed E-state index contributed by atoms with van der Waals surface area (Å²) in [5.41, 5.74) is 0.634. The molecule has 0 aromatic heterocycles. The highest BCUT2D eigenvalue weighted by atomic mass is 16.4. The van der Waals surface area contributed by atoms with E-state index in [0.717, 1.165) is 13.1 Å². The van der Waals surface area contributed by atoms with Gasteiger partial charge < -0.3 is 5.11 Å². The molecule has 1 saturated carbocycles. The maximum absolute atomic E-state index is 10.5. The smallest absolute Gasteiger partial charge is 0.317 e. The summed E-state index contributed by atoms with van der Waals surface area (Å²) in [6.45, 7) is 2.22. The van der Waals surface area contributed by atoms with E-state index in [1.807, 2.05) is 0 Å². The van der Waals surface area contributed by atoms with E-state index in [2.05, 4.69) is 4.90 Å². The van der Waals surface area contributed by atoms with E-state index < -0.39 is 5.97 Å². The summed E-state index contributed by atoms with van der Waals surface area (Å²) >= 11 is 0. The molecule has 3 nitrogen and oxygen atoms in total. The van der Waals surface area contributed by atoms with E-state index in [-0.39, 0.29) is 6.54 Å². The fourth-order valence-electron chi connectivity index (χ4n) is 2.55. The molecule has 2 fully saturated rings. The lowest BCUT2D eigenvalue weighted by molar-refractivity contribution is -0.139. The number of aliphatic carboxylic acids is 1. The predicted molar refractivity (Wildman–Crippen MR) is 49.6 cm³/mol. The van der Waals surface area contributed by atoms with E-state index >= 15 is 0 Å². The summed E-state index contributed by atoms with van der Waals surface area (Å²) in [5.74, 6) is -0.690. The Morgan fingerprint density at radius 2 is 1.85 bits per heavy atom. The van der Waals surface area contributed by atoms with Crippen LogP contribution in [0.2, 0.25) is 0 Å². The molecule has 0 unspecified atom stereocenters. The highest BCUT2D eigenvalue weighted by molar-refractivity contribution is 5.69. The van der Waals surface area contributed by atoms with Crippen molar-refractivity contribution in [3.05, 3.63) is 0 Å². The Labute approximate surface area is 78.7 Å². The number of hydrogen-bond donors (Lipinski definition) is 1.